The average molecular weight is 448 g/mol. The molecule has 3 heterocycles. The van der Waals surface area contributed by atoms with Gasteiger partial charge in [0.2, 0.25) is 5.95 Å². The minimum atomic E-state index is -0.00727. The van der Waals surface area contributed by atoms with Crippen molar-refractivity contribution >= 4 is 17.7 Å². The second-order valence-corrected chi connectivity index (χ2v) is 8.72. The molecule has 1 atom stereocenters. The molecule has 1 aromatic carbocycles. The third kappa shape index (κ3) is 4.68. The van der Waals surface area contributed by atoms with E-state index in [9.17, 15) is 4.79 Å². The zero-order chi connectivity index (χ0) is 22.8. The molecule has 0 bridgehead atoms. The molecule has 2 N–H and O–H groups in total. The molecule has 2 aromatic heterocycles. The standard InChI is InChI=1S/C24H29N7O2/c1-30-13-18(12-26-30)27-23-25-10-9-21(28-23)17-7-8-20-16(11-17)5-3-4-6-22(20)29-24(32)31-14-19(15-31)33-2/h7-13,19,22H,3-6,14-15H2,1-2H3,(H,29,32)(H,25,27,28). The molecule has 9 heteroatoms. The number of likely N-dealkylation sites (tertiary alicyclic amines) is 1. The summed E-state index contributed by atoms with van der Waals surface area (Å²) >= 11 is 0. The third-order valence-electron chi connectivity index (χ3n) is 6.39. The Kier molecular flexibility index (Phi) is 5.95. The zero-order valence-electron chi connectivity index (χ0n) is 19.0. The normalized spacial score (nSPS) is 18.2. The van der Waals surface area contributed by atoms with E-state index in [4.69, 9.17) is 9.72 Å². The number of methoxy groups -OCH3 is 1. The summed E-state index contributed by atoms with van der Waals surface area (Å²) in [6.45, 7) is 1.31. The summed E-state index contributed by atoms with van der Waals surface area (Å²) in [7, 11) is 3.56. The lowest BCUT2D eigenvalue weighted by molar-refractivity contribution is -0.00827. The molecule has 0 saturated carbocycles. The number of rotatable bonds is 5. The number of aryl methyl sites for hydroxylation is 2. The van der Waals surface area contributed by atoms with Crippen molar-refractivity contribution in [3.05, 3.63) is 54.0 Å². The van der Waals surface area contributed by atoms with Gasteiger partial charge in [0, 0.05) is 32.1 Å². The number of amides is 2. The highest BCUT2D eigenvalue weighted by Gasteiger charge is 2.32. The fourth-order valence-corrected chi connectivity index (χ4v) is 4.48. The van der Waals surface area contributed by atoms with E-state index in [0.717, 1.165) is 42.6 Å². The number of aromatic nitrogens is 4. The minimum Gasteiger partial charge on any atom is -0.378 e. The SMILES string of the molecule is COC1CN(C(=O)NC2CCCCc3cc(-c4ccnc(Nc5cnn(C)c5)n4)ccc32)C1. The van der Waals surface area contributed by atoms with Gasteiger partial charge >= 0.3 is 6.03 Å². The molecule has 1 aliphatic carbocycles. The Morgan fingerprint density at radius 1 is 1.21 bits per heavy atom. The molecule has 1 unspecified atom stereocenters. The summed E-state index contributed by atoms with van der Waals surface area (Å²) in [4.78, 5) is 23.5. The number of carbonyl (C=O) groups excluding carboxylic acids is 1. The maximum atomic E-state index is 12.7. The first kappa shape index (κ1) is 21.4. The van der Waals surface area contributed by atoms with Gasteiger partial charge in [0.05, 0.1) is 42.8 Å². The van der Waals surface area contributed by atoms with Crippen molar-refractivity contribution in [3.63, 3.8) is 0 Å². The van der Waals surface area contributed by atoms with Gasteiger partial charge in [0.1, 0.15) is 0 Å². The molecule has 0 radical (unpaired) electrons. The van der Waals surface area contributed by atoms with Crippen molar-refractivity contribution in [1.82, 2.24) is 30.0 Å². The van der Waals surface area contributed by atoms with Gasteiger partial charge in [0.15, 0.2) is 0 Å². The summed E-state index contributed by atoms with van der Waals surface area (Å²) in [6, 6.07) is 8.38. The fourth-order valence-electron chi connectivity index (χ4n) is 4.48. The van der Waals surface area contributed by atoms with Gasteiger partial charge in [-0.05, 0) is 42.5 Å². The Balaban J connectivity index is 1.34. The second kappa shape index (κ2) is 9.19. The van der Waals surface area contributed by atoms with Gasteiger partial charge in [-0.15, -0.1) is 0 Å². The first-order valence-corrected chi connectivity index (χ1v) is 11.4. The number of carbonyl (C=O) groups is 1. The number of nitrogens with one attached hydrogen (secondary N) is 2. The van der Waals surface area contributed by atoms with Gasteiger partial charge in [-0.25, -0.2) is 14.8 Å². The molecule has 1 fully saturated rings. The molecule has 2 amide bonds. The quantitative estimate of drug-likeness (QED) is 0.582. The Hall–Kier alpha value is -3.46. The first-order valence-electron chi connectivity index (χ1n) is 11.4. The van der Waals surface area contributed by atoms with Crippen LogP contribution in [0.1, 0.15) is 36.4 Å². The highest BCUT2D eigenvalue weighted by Crippen LogP contribution is 2.32. The van der Waals surface area contributed by atoms with Crippen molar-refractivity contribution in [1.29, 1.82) is 0 Å². The lowest BCUT2D eigenvalue weighted by Crippen LogP contribution is -2.57. The monoisotopic (exact) mass is 447 g/mol. The number of ether oxygens (including phenoxy) is 1. The number of urea groups is 1. The van der Waals surface area contributed by atoms with Crippen LogP contribution in [0.15, 0.2) is 42.9 Å². The number of anilines is 2. The Bertz CT molecular complexity index is 1140. The van der Waals surface area contributed by atoms with Crippen LogP contribution < -0.4 is 10.6 Å². The van der Waals surface area contributed by atoms with Crippen molar-refractivity contribution in [2.75, 3.05) is 25.5 Å². The van der Waals surface area contributed by atoms with Crippen LogP contribution >= 0.6 is 0 Å². The van der Waals surface area contributed by atoms with Gasteiger partial charge in [-0.1, -0.05) is 18.6 Å². The van der Waals surface area contributed by atoms with E-state index < -0.39 is 0 Å². The molecule has 172 valence electrons. The molecule has 0 spiro atoms. The molecule has 1 saturated heterocycles. The van der Waals surface area contributed by atoms with Gasteiger partial charge < -0.3 is 20.3 Å². The predicted octanol–water partition coefficient (Wildman–Crippen LogP) is 3.43. The number of hydrogen-bond acceptors (Lipinski definition) is 6. The lowest BCUT2D eigenvalue weighted by atomic mass is 9.95. The first-order chi connectivity index (χ1) is 16.1. The molecule has 1 aliphatic heterocycles. The minimum absolute atomic E-state index is 0.00727. The maximum Gasteiger partial charge on any atom is 0.318 e. The van der Waals surface area contributed by atoms with Crippen LogP contribution in [0.5, 0.6) is 0 Å². The third-order valence-corrected chi connectivity index (χ3v) is 6.39. The number of benzene rings is 1. The van der Waals surface area contributed by atoms with E-state index in [-0.39, 0.29) is 18.2 Å². The van der Waals surface area contributed by atoms with Crippen molar-refractivity contribution in [2.45, 2.75) is 37.8 Å². The van der Waals surface area contributed by atoms with Crippen molar-refractivity contribution in [2.24, 2.45) is 7.05 Å². The van der Waals surface area contributed by atoms with Crippen LogP contribution in [0, 0.1) is 0 Å². The van der Waals surface area contributed by atoms with E-state index in [1.807, 2.05) is 24.2 Å². The van der Waals surface area contributed by atoms with Crippen LogP contribution in [0.4, 0.5) is 16.4 Å². The van der Waals surface area contributed by atoms with Gasteiger partial charge in [-0.3, -0.25) is 4.68 Å². The largest absolute Gasteiger partial charge is 0.378 e. The maximum absolute atomic E-state index is 12.7. The number of hydrogen-bond donors (Lipinski definition) is 2. The van der Waals surface area contributed by atoms with Crippen LogP contribution in [0.3, 0.4) is 0 Å². The van der Waals surface area contributed by atoms with Crippen LogP contribution in [0.2, 0.25) is 0 Å². The molecular weight excluding hydrogens is 418 g/mol. The van der Waals surface area contributed by atoms with E-state index in [2.05, 4.69) is 38.9 Å². The summed E-state index contributed by atoms with van der Waals surface area (Å²) in [5.41, 5.74) is 5.22. The lowest BCUT2D eigenvalue weighted by Gasteiger charge is -2.39. The summed E-state index contributed by atoms with van der Waals surface area (Å²) in [5.74, 6) is 0.532. The number of nitrogens with zero attached hydrogens (tertiary/aromatic N) is 5. The predicted molar refractivity (Wildman–Crippen MR) is 125 cm³/mol. The van der Waals surface area contributed by atoms with Crippen molar-refractivity contribution in [3.8, 4) is 11.3 Å². The molecule has 33 heavy (non-hydrogen) atoms. The Morgan fingerprint density at radius 3 is 2.88 bits per heavy atom. The van der Waals surface area contributed by atoms with Gasteiger partial charge in [-0.2, -0.15) is 5.10 Å². The Labute approximate surface area is 193 Å². The number of fused-ring (bicyclic) bond motifs is 1. The zero-order valence-corrected chi connectivity index (χ0v) is 19.0. The van der Waals surface area contributed by atoms with Crippen molar-refractivity contribution < 1.29 is 9.53 Å². The topological polar surface area (TPSA) is 97.2 Å². The van der Waals surface area contributed by atoms with Crippen LogP contribution in [-0.4, -0.2) is 57.0 Å². The Morgan fingerprint density at radius 2 is 2.09 bits per heavy atom. The van der Waals surface area contributed by atoms with Crippen LogP contribution in [0.25, 0.3) is 11.3 Å². The molecule has 9 nitrogen and oxygen atoms in total. The molecule has 3 aromatic rings. The average Bonchev–Trinajstić information content (AvgIpc) is 3.08. The molecular formula is C24H29N7O2. The van der Waals surface area contributed by atoms with Crippen LogP contribution in [-0.2, 0) is 18.2 Å². The summed E-state index contributed by atoms with van der Waals surface area (Å²) in [5, 5.41) is 10.6. The van der Waals surface area contributed by atoms with E-state index in [1.165, 1.54) is 11.1 Å². The smallest absolute Gasteiger partial charge is 0.318 e. The highest BCUT2D eigenvalue weighted by molar-refractivity contribution is 5.76. The van der Waals surface area contributed by atoms with E-state index in [0.29, 0.717) is 19.0 Å². The fraction of sp³-hybridized carbons (Fsp3) is 0.417. The van der Waals surface area contributed by atoms with E-state index in [1.54, 1.807) is 24.2 Å². The second-order valence-electron chi connectivity index (χ2n) is 8.72. The van der Waals surface area contributed by atoms with Gasteiger partial charge in [0.25, 0.3) is 0 Å². The van der Waals surface area contributed by atoms with E-state index >= 15 is 0 Å². The highest BCUT2D eigenvalue weighted by atomic mass is 16.5. The summed E-state index contributed by atoms with van der Waals surface area (Å²) < 4.78 is 7.02. The molecule has 5 rings (SSSR count). The molecule has 2 aliphatic rings. The summed E-state index contributed by atoms with van der Waals surface area (Å²) in [6.07, 6.45) is 9.67.